The molecule has 200 valence electrons. The molecule has 2 aromatic carbocycles. The summed E-state index contributed by atoms with van der Waals surface area (Å²) in [6, 6.07) is 17.5. The lowest BCUT2D eigenvalue weighted by molar-refractivity contribution is 0.0191. The van der Waals surface area contributed by atoms with Gasteiger partial charge in [0.2, 0.25) is 0 Å². The zero-order chi connectivity index (χ0) is 26.9. The van der Waals surface area contributed by atoms with E-state index < -0.39 is 5.97 Å². The van der Waals surface area contributed by atoms with E-state index in [9.17, 15) is 9.59 Å². The van der Waals surface area contributed by atoms with Gasteiger partial charge in [0.25, 0.3) is 5.91 Å². The van der Waals surface area contributed by atoms with Crippen LogP contribution in [-0.4, -0.2) is 77.2 Å². The Morgan fingerprint density at radius 1 is 1.08 bits per heavy atom. The number of esters is 1. The molecule has 0 aliphatic carbocycles. The first-order valence-corrected chi connectivity index (χ1v) is 13.4. The molecule has 8 nitrogen and oxygen atoms in total. The number of morpholine rings is 1. The highest BCUT2D eigenvalue weighted by Crippen LogP contribution is 2.31. The first-order chi connectivity index (χ1) is 19.0. The number of pyridine rings is 1. The highest BCUT2D eigenvalue weighted by atomic mass is 35.5. The summed E-state index contributed by atoms with van der Waals surface area (Å²) in [5.74, 6) is -0.627. The molecule has 0 bridgehead atoms. The van der Waals surface area contributed by atoms with Crippen LogP contribution in [0.25, 0.3) is 16.6 Å². The number of hydrogen-bond donors (Lipinski definition) is 0. The first-order valence-electron chi connectivity index (χ1n) is 13.1. The zero-order valence-corrected chi connectivity index (χ0v) is 22.4. The monoisotopic (exact) mass is 544 g/mol. The number of methoxy groups -OCH3 is 1. The molecular weight excluding hydrogens is 516 g/mol. The highest BCUT2D eigenvalue weighted by Gasteiger charge is 2.34. The van der Waals surface area contributed by atoms with Crippen LogP contribution in [0.15, 0.2) is 67.0 Å². The third kappa shape index (κ3) is 4.91. The minimum atomic E-state index is -0.453. The lowest BCUT2D eigenvalue weighted by Gasteiger charge is -2.40. The second kappa shape index (κ2) is 10.8. The molecule has 0 N–H and O–H groups in total. The summed E-state index contributed by atoms with van der Waals surface area (Å²) in [5.41, 5.74) is 4.36. The molecule has 0 radical (unpaired) electrons. The van der Waals surface area contributed by atoms with Crippen LogP contribution in [0.5, 0.6) is 0 Å². The van der Waals surface area contributed by atoms with Gasteiger partial charge in [-0.2, -0.15) is 0 Å². The van der Waals surface area contributed by atoms with Gasteiger partial charge in [-0.15, -0.1) is 0 Å². The molecule has 1 unspecified atom stereocenters. The normalized spacial score (nSPS) is 17.7. The molecule has 1 saturated heterocycles. The van der Waals surface area contributed by atoms with E-state index in [4.69, 9.17) is 21.1 Å². The number of para-hydroxylation sites is 1. The van der Waals surface area contributed by atoms with Gasteiger partial charge in [0.1, 0.15) is 0 Å². The average Bonchev–Trinajstić information content (AvgIpc) is 3.36. The van der Waals surface area contributed by atoms with Crippen LogP contribution in [0.2, 0.25) is 5.02 Å². The molecule has 0 spiro atoms. The zero-order valence-electron chi connectivity index (χ0n) is 21.7. The van der Waals surface area contributed by atoms with Crippen molar-refractivity contribution in [1.29, 1.82) is 0 Å². The van der Waals surface area contributed by atoms with Gasteiger partial charge in [0, 0.05) is 50.0 Å². The summed E-state index contributed by atoms with van der Waals surface area (Å²) in [4.78, 5) is 35.8. The van der Waals surface area contributed by atoms with Crippen LogP contribution in [0.4, 0.5) is 0 Å². The fourth-order valence-corrected chi connectivity index (χ4v) is 5.79. The van der Waals surface area contributed by atoms with Gasteiger partial charge in [-0.3, -0.25) is 9.69 Å². The lowest BCUT2D eigenvalue weighted by Crippen LogP contribution is -2.52. The van der Waals surface area contributed by atoms with Crippen molar-refractivity contribution in [2.45, 2.75) is 19.0 Å². The van der Waals surface area contributed by atoms with E-state index in [1.165, 1.54) is 18.9 Å². The Hall–Kier alpha value is -3.72. The lowest BCUT2D eigenvalue weighted by atomic mass is 9.93. The molecule has 39 heavy (non-hydrogen) atoms. The number of carbonyl (C=O) groups excluding carboxylic acids is 2. The van der Waals surface area contributed by atoms with Crippen molar-refractivity contribution in [3.8, 4) is 5.69 Å². The maximum atomic E-state index is 14.4. The number of amides is 1. The minimum Gasteiger partial charge on any atom is -0.465 e. The third-order valence-electron chi connectivity index (χ3n) is 7.60. The van der Waals surface area contributed by atoms with Crippen LogP contribution in [0.1, 0.15) is 32.0 Å². The van der Waals surface area contributed by atoms with Crippen molar-refractivity contribution in [3.05, 3.63) is 94.4 Å². The van der Waals surface area contributed by atoms with E-state index in [1.54, 1.807) is 12.3 Å². The van der Waals surface area contributed by atoms with E-state index >= 15 is 0 Å². The van der Waals surface area contributed by atoms with Crippen molar-refractivity contribution < 1.29 is 19.1 Å². The molecule has 1 fully saturated rings. The second-order valence-electron chi connectivity index (χ2n) is 9.92. The van der Waals surface area contributed by atoms with Gasteiger partial charge in [-0.1, -0.05) is 54.1 Å². The average molecular weight is 545 g/mol. The molecule has 2 aliphatic rings. The summed E-state index contributed by atoms with van der Waals surface area (Å²) >= 11 is 6.42. The number of carbonyl (C=O) groups is 2. The largest absolute Gasteiger partial charge is 0.465 e. The molecule has 2 aliphatic heterocycles. The Labute approximate surface area is 231 Å². The second-order valence-corrected chi connectivity index (χ2v) is 10.4. The van der Waals surface area contributed by atoms with Crippen molar-refractivity contribution >= 4 is 34.4 Å². The molecule has 1 amide bonds. The van der Waals surface area contributed by atoms with Crippen LogP contribution in [0.3, 0.4) is 0 Å². The van der Waals surface area contributed by atoms with Crippen LogP contribution in [0, 0.1) is 0 Å². The number of aromatic nitrogens is 2. The predicted molar refractivity (Wildman–Crippen MR) is 148 cm³/mol. The maximum Gasteiger partial charge on any atom is 0.340 e. The van der Waals surface area contributed by atoms with Gasteiger partial charge in [-0.05, 0) is 29.7 Å². The van der Waals surface area contributed by atoms with Gasteiger partial charge < -0.3 is 18.9 Å². The Balaban J connectivity index is 1.43. The molecule has 4 aromatic rings. The van der Waals surface area contributed by atoms with Gasteiger partial charge >= 0.3 is 5.97 Å². The molecule has 6 rings (SSSR count). The quantitative estimate of drug-likeness (QED) is 0.347. The van der Waals surface area contributed by atoms with E-state index in [0.717, 1.165) is 42.5 Å². The Morgan fingerprint density at radius 3 is 2.62 bits per heavy atom. The Kier molecular flexibility index (Phi) is 7.08. The molecule has 2 aromatic heterocycles. The van der Waals surface area contributed by atoms with Crippen molar-refractivity contribution in [1.82, 2.24) is 19.4 Å². The SMILES string of the molecule is COC(=O)c1cn(-c2cc(Cl)cnc2C(=O)N2Cc3ccccc3CC2CN2CCOCC2)c2ccccc12. The summed E-state index contributed by atoms with van der Waals surface area (Å²) < 4.78 is 12.4. The maximum absolute atomic E-state index is 14.4. The standard InChI is InChI=1S/C30H29ClN4O4/c1-38-30(37)25-19-35(26-9-5-4-8-24(25)26)27-15-22(31)16-32-28(27)29(36)34-17-21-7-3-2-6-20(21)14-23(34)18-33-10-12-39-13-11-33/h2-9,15-16,19,23H,10-14,17-18H2,1H3. The fourth-order valence-electron chi connectivity index (χ4n) is 5.63. The number of ether oxygens (including phenoxy) is 2. The van der Waals surface area contributed by atoms with Gasteiger partial charge in [-0.25, -0.2) is 9.78 Å². The van der Waals surface area contributed by atoms with Gasteiger partial charge in [0.05, 0.1) is 42.1 Å². The van der Waals surface area contributed by atoms with Crippen molar-refractivity contribution in [2.24, 2.45) is 0 Å². The Bertz CT molecular complexity index is 1550. The van der Waals surface area contributed by atoms with Crippen LogP contribution < -0.4 is 0 Å². The van der Waals surface area contributed by atoms with E-state index in [-0.39, 0.29) is 17.6 Å². The smallest absolute Gasteiger partial charge is 0.340 e. The number of halogens is 1. The summed E-state index contributed by atoms with van der Waals surface area (Å²) in [7, 11) is 1.35. The number of fused-ring (bicyclic) bond motifs is 2. The molecule has 4 heterocycles. The molecule has 9 heteroatoms. The number of nitrogens with zero attached hydrogens (tertiary/aromatic N) is 4. The summed E-state index contributed by atoms with van der Waals surface area (Å²) in [5, 5.41) is 1.12. The number of benzene rings is 2. The highest BCUT2D eigenvalue weighted by molar-refractivity contribution is 6.30. The van der Waals surface area contributed by atoms with E-state index in [1.807, 2.05) is 39.8 Å². The molecular formula is C30H29ClN4O4. The number of rotatable bonds is 5. The topological polar surface area (TPSA) is 76.9 Å². The van der Waals surface area contributed by atoms with Crippen LogP contribution >= 0.6 is 11.6 Å². The van der Waals surface area contributed by atoms with E-state index in [2.05, 4.69) is 28.1 Å². The minimum absolute atomic E-state index is 0.0251. The van der Waals surface area contributed by atoms with Gasteiger partial charge in [0.15, 0.2) is 5.69 Å². The fraction of sp³-hybridized carbons (Fsp3) is 0.300. The predicted octanol–water partition coefficient (Wildman–Crippen LogP) is 4.36. The summed E-state index contributed by atoms with van der Waals surface area (Å²) in [6.07, 6.45) is 3.96. The molecule has 1 atom stereocenters. The summed E-state index contributed by atoms with van der Waals surface area (Å²) in [6.45, 7) is 4.33. The van der Waals surface area contributed by atoms with E-state index in [0.29, 0.717) is 36.0 Å². The van der Waals surface area contributed by atoms with Crippen molar-refractivity contribution in [2.75, 3.05) is 40.0 Å². The number of hydrogen-bond acceptors (Lipinski definition) is 6. The Morgan fingerprint density at radius 2 is 1.82 bits per heavy atom. The molecule has 0 saturated carbocycles. The third-order valence-corrected chi connectivity index (χ3v) is 7.81. The van der Waals surface area contributed by atoms with Crippen LogP contribution in [-0.2, 0) is 22.4 Å². The van der Waals surface area contributed by atoms with Crippen molar-refractivity contribution in [3.63, 3.8) is 0 Å². The first kappa shape index (κ1) is 25.6.